The molecule has 1 aliphatic heterocycles. The van der Waals surface area contributed by atoms with Gasteiger partial charge >= 0.3 is 0 Å². The maximum Gasteiger partial charge on any atom is 0.238 e. The fourth-order valence-electron chi connectivity index (χ4n) is 2.81. The topological polar surface area (TPSA) is 87.5 Å². The van der Waals surface area contributed by atoms with E-state index in [9.17, 15) is 9.59 Å². The van der Waals surface area contributed by atoms with Gasteiger partial charge in [-0.05, 0) is 40.2 Å². The van der Waals surface area contributed by atoms with Crippen LogP contribution in [-0.2, 0) is 9.59 Å². The van der Waals surface area contributed by atoms with Gasteiger partial charge in [0.25, 0.3) is 0 Å². The highest BCUT2D eigenvalue weighted by Crippen LogP contribution is 2.16. The molecule has 2 amide bonds. The molecule has 2 atom stereocenters. The third-order valence-corrected chi connectivity index (χ3v) is 5.52. The lowest BCUT2D eigenvalue weighted by atomic mass is 10.0. The van der Waals surface area contributed by atoms with Gasteiger partial charge in [0.1, 0.15) is 5.76 Å². The van der Waals surface area contributed by atoms with Crippen LogP contribution < -0.4 is 10.6 Å². The standard InChI is InChI=1S/C17H28N4O3S/c1-12-6-4-5-8-21(12)9-7-18-16(22)11-25-14(3)17(23)19-15-10-13(2)24-20-15/h10,12,14H,4-9,11H2,1-3H3,(H,18,22)(H,19,20,23). The molecule has 0 aromatic carbocycles. The molecule has 1 aliphatic rings. The van der Waals surface area contributed by atoms with Crippen molar-refractivity contribution in [2.24, 2.45) is 0 Å². The Hall–Kier alpha value is -1.54. The number of aryl methyl sites for hydroxylation is 1. The summed E-state index contributed by atoms with van der Waals surface area (Å²) in [5.74, 6) is 1.08. The van der Waals surface area contributed by atoms with Gasteiger partial charge in [-0.25, -0.2) is 0 Å². The average Bonchev–Trinajstić information content (AvgIpc) is 2.99. The van der Waals surface area contributed by atoms with Crippen LogP contribution in [-0.4, -0.2) is 58.5 Å². The number of carbonyl (C=O) groups is 2. The number of likely N-dealkylation sites (tertiary alicyclic amines) is 1. The predicted molar refractivity (Wildman–Crippen MR) is 99.7 cm³/mol. The summed E-state index contributed by atoms with van der Waals surface area (Å²) >= 11 is 1.31. The largest absolute Gasteiger partial charge is 0.360 e. The lowest BCUT2D eigenvalue weighted by molar-refractivity contribution is -0.118. The van der Waals surface area contributed by atoms with E-state index in [2.05, 4.69) is 27.6 Å². The first-order chi connectivity index (χ1) is 12.0. The van der Waals surface area contributed by atoms with E-state index in [4.69, 9.17) is 4.52 Å². The predicted octanol–water partition coefficient (Wildman–Crippen LogP) is 2.03. The number of piperidine rings is 1. The zero-order chi connectivity index (χ0) is 18.2. The summed E-state index contributed by atoms with van der Waals surface area (Å²) in [6.07, 6.45) is 3.78. The summed E-state index contributed by atoms with van der Waals surface area (Å²) < 4.78 is 4.91. The molecule has 0 radical (unpaired) electrons. The minimum Gasteiger partial charge on any atom is -0.360 e. The Bertz CT molecular complexity index is 578. The quantitative estimate of drug-likeness (QED) is 0.730. The molecule has 0 bridgehead atoms. The van der Waals surface area contributed by atoms with Gasteiger partial charge in [0, 0.05) is 25.2 Å². The van der Waals surface area contributed by atoms with E-state index < -0.39 is 0 Å². The zero-order valence-corrected chi connectivity index (χ0v) is 16.0. The minimum absolute atomic E-state index is 0.0356. The second-order valence-electron chi connectivity index (χ2n) is 6.50. The average molecular weight is 369 g/mol. The molecule has 1 aromatic heterocycles. The summed E-state index contributed by atoms with van der Waals surface area (Å²) in [5, 5.41) is 8.99. The molecule has 25 heavy (non-hydrogen) atoms. The molecule has 2 rings (SSSR count). The monoisotopic (exact) mass is 368 g/mol. The van der Waals surface area contributed by atoms with Gasteiger partial charge in [0.2, 0.25) is 11.8 Å². The van der Waals surface area contributed by atoms with E-state index in [-0.39, 0.29) is 22.8 Å². The molecule has 1 aromatic rings. The SMILES string of the molecule is Cc1cc(NC(=O)C(C)SCC(=O)NCCN2CCCCC2C)no1. The lowest BCUT2D eigenvalue weighted by Gasteiger charge is -2.33. The smallest absolute Gasteiger partial charge is 0.238 e. The third-order valence-electron chi connectivity index (χ3n) is 4.37. The second kappa shape index (κ2) is 9.82. The van der Waals surface area contributed by atoms with E-state index in [1.807, 2.05) is 0 Å². The molecule has 2 N–H and O–H groups in total. The maximum atomic E-state index is 12.0. The normalized spacial score (nSPS) is 19.4. The van der Waals surface area contributed by atoms with Crippen LogP contribution in [0.4, 0.5) is 5.82 Å². The number of hydrogen-bond donors (Lipinski definition) is 2. The molecule has 2 unspecified atom stereocenters. The summed E-state index contributed by atoms with van der Waals surface area (Å²) in [7, 11) is 0. The van der Waals surface area contributed by atoms with Crippen molar-refractivity contribution in [1.82, 2.24) is 15.4 Å². The zero-order valence-electron chi connectivity index (χ0n) is 15.2. The van der Waals surface area contributed by atoms with Crippen LogP contribution in [0, 0.1) is 6.92 Å². The summed E-state index contributed by atoms with van der Waals surface area (Å²) in [6.45, 7) is 8.44. The van der Waals surface area contributed by atoms with Crippen LogP contribution in [0.15, 0.2) is 10.6 Å². The van der Waals surface area contributed by atoms with Crippen LogP contribution in [0.3, 0.4) is 0 Å². The van der Waals surface area contributed by atoms with Gasteiger partial charge in [-0.15, -0.1) is 11.8 Å². The molecule has 2 heterocycles. The number of nitrogens with zero attached hydrogens (tertiary/aromatic N) is 2. The Morgan fingerprint density at radius 2 is 2.28 bits per heavy atom. The van der Waals surface area contributed by atoms with Gasteiger partial charge in [0.15, 0.2) is 5.82 Å². The Morgan fingerprint density at radius 1 is 1.48 bits per heavy atom. The summed E-state index contributed by atoms with van der Waals surface area (Å²) in [4.78, 5) is 26.4. The van der Waals surface area contributed by atoms with Gasteiger partial charge in [-0.3, -0.25) is 14.5 Å². The van der Waals surface area contributed by atoms with Gasteiger partial charge in [-0.2, -0.15) is 0 Å². The Labute approximate surface area is 153 Å². The van der Waals surface area contributed by atoms with E-state index >= 15 is 0 Å². The van der Waals surface area contributed by atoms with Crippen molar-refractivity contribution >= 4 is 29.4 Å². The molecule has 1 fully saturated rings. The van der Waals surface area contributed by atoms with Crippen LogP contribution in [0.1, 0.15) is 38.9 Å². The molecule has 7 nitrogen and oxygen atoms in total. The number of aromatic nitrogens is 1. The van der Waals surface area contributed by atoms with E-state index in [1.165, 1.54) is 31.0 Å². The van der Waals surface area contributed by atoms with Crippen molar-refractivity contribution in [3.8, 4) is 0 Å². The Kier molecular flexibility index (Phi) is 7.77. The molecule has 8 heteroatoms. The number of hydrogen-bond acceptors (Lipinski definition) is 6. The molecule has 0 aliphatic carbocycles. The first-order valence-electron chi connectivity index (χ1n) is 8.82. The second-order valence-corrected chi connectivity index (χ2v) is 7.83. The lowest BCUT2D eigenvalue weighted by Crippen LogP contribution is -2.42. The fraction of sp³-hybridized carbons (Fsp3) is 0.706. The fourth-order valence-corrected chi connectivity index (χ4v) is 3.52. The van der Waals surface area contributed by atoms with Gasteiger partial charge < -0.3 is 15.2 Å². The van der Waals surface area contributed by atoms with E-state index in [0.29, 0.717) is 24.2 Å². The van der Waals surface area contributed by atoms with E-state index in [1.54, 1.807) is 19.9 Å². The number of amides is 2. The van der Waals surface area contributed by atoms with Crippen molar-refractivity contribution in [2.45, 2.75) is 51.3 Å². The summed E-state index contributed by atoms with van der Waals surface area (Å²) in [6, 6.07) is 2.26. The van der Waals surface area contributed by atoms with Crippen molar-refractivity contribution in [1.29, 1.82) is 0 Å². The highest BCUT2D eigenvalue weighted by atomic mass is 32.2. The van der Waals surface area contributed by atoms with Crippen molar-refractivity contribution < 1.29 is 14.1 Å². The highest BCUT2D eigenvalue weighted by Gasteiger charge is 2.19. The first kappa shape index (κ1) is 19.8. The molecular formula is C17H28N4O3S. The Balaban J connectivity index is 1.61. The van der Waals surface area contributed by atoms with Crippen LogP contribution >= 0.6 is 11.8 Å². The maximum absolute atomic E-state index is 12.0. The van der Waals surface area contributed by atoms with Crippen LogP contribution in [0.25, 0.3) is 0 Å². The highest BCUT2D eigenvalue weighted by molar-refractivity contribution is 8.01. The van der Waals surface area contributed by atoms with Gasteiger partial charge in [-0.1, -0.05) is 11.6 Å². The number of rotatable bonds is 8. The van der Waals surface area contributed by atoms with Crippen molar-refractivity contribution in [2.75, 3.05) is 30.7 Å². The molecule has 140 valence electrons. The number of thioether (sulfide) groups is 1. The molecule has 1 saturated heterocycles. The van der Waals surface area contributed by atoms with Crippen molar-refractivity contribution in [3.63, 3.8) is 0 Å². The van der Waals surface area contributed by atoms with Crippen LogP contribution in [0.2, 0.25) is 0 Å². The minimum atomic E-state index is -0.343. The third kappa shape index (κ3) is 6.70. The van der Waals surface area contributed by atoms with Crippen LogP contribution in [0.5, 0.6) is 0 Å². The molecule has 0 saturated carbocycles. The summed E-state index contributed by atoms with van der Waals surface area (Å²) in [5.41, 5.74) is 0. The Morgan fingerprint density at radius 3 is 2.96 bits per heavy atom. The number of nitrogens with one attached hydrogen (secondary N) is 2. The molecule has 0 spiro atoms. The van der Waals surface area contributed by atoms with Crippen molar-refractivity contribution in [3.05, 3.63) is 11.8 Å². The molecular weight excluding hydrogens is 340 g/mol. The number of anilines is 1. The van der Waals surface area contributed by atoms with Gasteiger partial charge in [0.05, 0.1) is 11.0 Å². The first-order valence-corrected chi connectivity index (χ1v) is 9.87. The van der Waals surface area contributed by atoms with E-state index in [0.717, 1.165) is 13.1 Å². The number of carbonyl (C=O) groups excluding carboxylic acids is 2.